The molecule has 0 saturated carbocycles. The minimum atomic E-state index is -0.491. The van der Waals surface area contributed by atoms with Crippen LogP contribution in [-0.2, 0) is 14.1 Å². The van der Waals surface area contributed by atoms with E-state index in [-0.39, 0.29) is 16.9 Å². The molecule has 1 aromatic carbocycles. The van der Waals surface area contributed by atoms with Crippen LogP contribution in [-0.4, -0.2) is 47.4 Å². The van der Waals surface area contributed by atoms with Gasteiger partial charge in [-0.25, -0.2) is 4.79 Å². The molecule has 0 spiro atoms. The largest absolute Gasteiger partial charge is 0.493 e. The van der Waals surface area contributed by atoms with E-state index in [0.29, 0.717) is 50.0 Å². The maximum Gasteiger partial charge on any atom is 0.332 e. The summed E-state index contributed by atoms with van der Waals surface area (Å²) in [7, 11) is 4.46. The maximum absolute atomic E-state index is 11.8. The zero-order chi connectivity index (χ0) is 21.4. The van der Waals surface area contributed by atoms with Gasteiger partial charge in [-0.15, -0.1) is 0 Å². The van der Waals surface area contributed by atoms with E-state index in [1.807, 2.05) is 0 Å². The number of nitro groups is 1. The number of non-ortho nitro benzene ring substituents is 1. The molecule has 158 valence electrons. The van der Waals surface area contributed by atoms with E-state index >= 15 is 0 Å². The summed E-state index contributed by atoms with van der Waals surface area (Å²) in [5.74, 6) is 1.23. The number of hydrogen-bond acceptors (Lipinski definition) is 8. The SMILES string of the molecule is COc1cc([N+](=O)[O-])ccc1OCCCNCCNc1cc(=O)n(C)c(=O)n1C. The first-order valence-corrected chi connectivity index (χ1v) is 9.02. The Labute approximate surface area is 167 Å². The third kappa shape index (κ3) is 5.82. The number of nitro benzene ring substituents is 1. The smallest absolute Gasteiger partial charge is 0.332 e. The molecule has 0 unspecified atom stereocenters. The molecule has 0 aliphatic carbocycles. The van der Waals surface area contributed by atoms with Gasteiger partial charge in [-0.2, -0.15) is 0 Å². The van der Waals surface area contributed by atoms with Gasteiger partial charge in [0.05, 0.1) is 24.7 Å². The van der Waals surface area contributed by atoms with Crippen LogP contribution in [0.15, 0.2) is 33.9 Å². The fourth-order valence-electron chi connectivity index (χ4n) is 2.57. The van der Waals surface area contributed by atoms with Crippen molar-refractivity contribution in [2.75, 3.05) is 38.7 Å². The van der Waals surface area contributed by atoms with Gasteiger partial charge in [0, 0.05) is 39.3 Å². The number of nitrogens with zero attached hydrogens (tertiary/aromatic N) is 3. The van der Waals surface area contributed by atoms with Crippen LogP contribution in [0.3, 0.4) is 0 Å². The molecular weight excluding hydrogens is 382 g/mol. The Bertz CT molecular complexity index is 968. The molecule has 0 bridgehead atoms. The molecule has 2 rings (SSSR count). The molecule has 29 heavy (non-hydrogen) atoms. The van der Waals surface area contributed by atoms with E-state index in [1.165, 1.54) is 43.0 Å². The summed E-state index contributed by atoms with van der Waals surface area (Å²) in [6.07, 6.45) is 0.713. The van der Waals surface area contributed by atoms with Crippen LogP contribution in [0.5, 0.6) is 11.5 Å². The average molecular weight is 407 g/mol. The standard InChI is InChI=1S/C18H25N5O6/c1-21-16(12-17(24)22(2)18(21)25)20-9-8-19-7-4-10-29-14-6-5-13(23(26)27)11-15(14)28-3/h5-6,11-12,19-20H,4,7-10H2,1-3H3. The molecule has 0 aliphatic heterocycles. The summed E-state index contributed by atoms with van der Waals surface area (Å²) < 4.78 is 13.2. The van der Waals surface area contributed by atoms with Crippen molar-refractivity contribution in [3.8, 4) is 11.5 Å². The quantitative estimate of drug-likeness (QED) is 0.312. The van der Waals surface area contributed by atoms with Crippen LogP contribution in [0.2, 0.25) is 0 Å². The minimum Gasteiger partial charge on any atom is -0.493 e. The Kier molecular flexibility index (Phi) is 7.78. The number of ether oxygens (including phenoxy) is 2. The van der Waals surface area contributed by atoms with Gasteiger partial charge in [-0.3, -0.25) is 24.0 Å². The van der Waals surface area contributed by atoms with Crippen LogP contribution >= 0.6 is 0 Å². The van der Waals surface area contributed by atoms with Gasteiger partial charge < -0.3 is 20.1 Å². The van der Waals surface area contributed by atoms with Crippen molar-refractivity contribution in [1.82, 2.24) is 14.5 Å². The van der Waals surface area contributed by atoms with Crippen molar-refractivity contribution >= 4 is 11.5 Å². The van der Waals surface area contributed by atoms with Gasteiger partial charge in [0.2, 0.25) is 0 Å². The lowest BCUT2D eigenvalue weighted by molar-refractivity contribution is -0.385. The first-order chi connectivity index (χ1) is 13.8. The lowest BCUT2D eigenvalue weighted by atomic mass is 10.3. The first kappa shape index (κ1) is 22.0. The van der Waals surface area contributed by atoms with Gasteiger partial charge in [0.25, 0.3) is 11.2 Å². The zero-order valence-corrected chi connectivity index (χ0v) is 16.6. The molecule has 0 fully saturated rings. The average Bonchev–Trinajstić information content (AvgIpc) is 2.71. The van der Waals surface area contributed by atoms with E-state index in [2.05, 4.69) is 10.6 Å². The molecule has 2 aromatic rings. The van der Waals surface area contributed by atoms with Crippen molar-refractivity contribution in [2.24, 2.45) is 14.1 Å². The monoisotopic (exact) mass is 407 g/mol. The van der Waals surface area contributed by atoms with Gasteiger partial charge in [-0.05, 0) is 19.0 Å². The zero-order valence-electron chi connectivity index (χ0n) is 16.6. The number of hydrogen-bond donors (Lipinski definition) is 2. The van der Waals surface area contributed by atoms with Crippen LogP contribution in [0, 0.1) is 10.1 Å². The Morgan fingerprint density at radius 2 is 1.83 bits per heavy atom. The highest BCUT2D eigenvalue weighted by molar-refractivity contribution is 5.48. The summed E-state index contributed by atoms with van der Waals surface area (Å²) in [6.45, 7) is 2.27. The Balaban J connectivity index is 1.69. The predicted molar refractivity (Wildman–Crippen MR) is 108 cm³/mol. The highest BCUT2D eigenvalue weighted by atomic mass is 16.6. The van der Waals surface area contributed by atoms with Crippen LogP contribution in [0.25, 0.3) is 0 Å². The topological polar surface area (TPSA) is 130 Å². The minimum absolute atomic E-state index is 0.0582. The number of aromatic nitrogens is 2. The summed E-state index contributed by atoms with van der Waals surface area (Å²) in [6, 6.07) is 5.59. The van der Waals surface area contributed by atoms with E-state index in [4.69, 9.17) is 9.47 Å². The van der Waals surface area contributed by atoms with Gasteiger partial charge in [0.15, 0.2) is 11.5 Å². The second-order valence-electron chi connectivity index (χ2n) is 6.24. The summed E-state index contributed by atoms with van der Waals surface area (Å²) in [4.78, 5) is 33.8. The maximum atomic E-state index is 11.8. The van der Waals surface area contributed by atoms with Gasteiger partial charge in [0.1, 0.15) is 5.82 Å². The molecular formula is C18H25N5O6. The Hall–Kier alpha value is -3.34. The van der Waals surface area contributed by atoms with Crippen molar-refractivity contribution in [3.63, 3.8) is 0 Å². The second-order valence-corrected chi connectivity index (χ2v) is 6.24. The number of rotatable bonds is 11. The number of anilines is 1. The first-order valence-electron chi connectivity index (χ1n) is 9.02. The molecule has 11 heteroatoms. The van der Waals surface area contributed by atoms with E-state index in [1.54, 1.807) is 7.05 Å². The molecule has 1 heterocycles. The normalized spacial score (nSPS) is 10.6. The second kappa shape index (κ2) is 10.3. The molecule has 0 saturated heterocycles. The molecule has 2 N–H and O–H groups in total. The van der Waals surface area contributed by atoms with Crippen molar-refractivity contribution < 1.29 is 14.4 Å². The van der Waals surface area contributed by atoms with Crippen molar-refractivity contribution in [2.45, 2.75) is 6.42 Å². The third-order valence-corrected chi connectivity index (χ3v) is 4.25. The van der Waals surface area contributed by atoms with Crippen LogP contribution < -0.4 is 31.4 Å². The lowest BCUT2D eigenvalue weighted by Crippen LogP contribution is -2.38. The number of methoxy groups -OCH3 is 1. The predicted octanol–water partition coefficient (Wildman–Crippen LogP) is 0.471. The number of nitrogens with one attached hydrogen (secondary N) is 2. The third-order valence-electron chi connectivity index (χ3n) is 4.25. The Morgan fingerprint density at radius 1 is 1.07 bits per heavy atom. The summed E-state index contributed by atoms with van der Waals surface area (Å²) >= 11 is 0. The Morgan fingerprint density at radius 3 is 2.52 bits per heavy atom. The molecule has 1 aromatic heterocycles. The lowest BCUT2D eigenvalue weighted by Gasteiger charge is -2.12. The van der Waals surface area contributed by atoms with Crippen LogP contribution in [0.1, 0.15) is 6.42 Å². The molecule has 11 nitrogen and oxygen atoms in total. The van der Waals surface area contributed by atoms with Gasteiger partial charge in [-0.1, -0.05) is 0 Å². The molecule has 0 aliphatic rings. The van der Waals surface area contributed by atoms with Crippen molar-refractivity contribution in [1.29, 1.82) is 0 Å². The summed E-state index contributed by atoms with van der Waals surface area (Å²) in [5, 5.41) is 17.1. The fourth-order valence-corrected chi connectivity index (χ4v) is 2.57. The highest BCUT2D eigenvalue weighted by Crippen LogP contribution is 2.31. The van der Waals surface area contributed by atoms with Crippen LogP contribution in [0.4, 0.5) is 11.5 Å². The highest BCUT2D eigenvalue weighted by Gasteiger charge is 2.12. The molecule has 0 atom stereocenters. The van der Waals surface area contributed by atoms with E-state index in [9.17, 15) is 19.7 Å². The molecule has 0 amide bonds. The van der Waals surface area contributed by atoms with Crippen molar-refractivity contribution in [3.05, 3.63) is 55.2 Å². The fraction of sp³-hybridized carbons (Fsp3) is 0.444. The molecule has 0 radical (unpaired) electrons. The summed E-state index contributed by atoms with van der Waals surface area (Å²) in [5.41, 5.74) is -0.800. The van der Waals surface area contributed by atoms with E-state index in [0.717, 1.165) is 4.57 Å². The van der Waals surface area contributed by atoms with Gasteiger partial charge >= 0.3 is 5.69 Å². The number of benzene rings is 1. The van der Waals surface area contributed by atoms with E-state index < -0.39 is 4.92 Å².